The Kier molecular flexibility index (Phi) is 3.67. The van der Waals surface area contributed by atoms with Crippen LogP contribution in [0.2, 0.25) is 0 Å². The van der Waals surface area contributed by atoms with Crippen LogP contribution in [0.3, 0.4) is 0 Å². The highest BCUT2D eigenvalue weighted by Crippen LogP contribution is 2.31. The zero-order chi connectivity index (χ0) is 17.5. The van der Waals surface area contributed by atoms with Crippen LogP contribution in [0.5, 0.6) is 0 Å². The van der Waals surface area contributed by atoms with Crippen molar-refractivity contribution in [3.05, 3.63) is 59.4 Å². The van der Waals surface area contributed by atoms with Crippen molar-refractivity contribution in [1.29, 1.82) is 0 Å². The molecule has 3 rings (SSSR count). The molecule has 8 heteroatoms. The summed E-state index contributed by atoms with van der Waals surface area (Å²) < 4.78 is 27.4. The highest BCUT2D eigenvalue weighted by atomic mass is 19.1. The van der Waals surface area contributed by atoms with Gasteiger partial charge in [0.2, 0.25) is 0 Å². The molecule has 1 aliphatic heterocycles. The van der Waals surface area contributed by atoms with Gasteiger partial charge in [0.1, 0.15) is 17.2 Å². The smallest absolute Gasteiger partial charge is 0.325 e. The zero-order valence-electron chi connectivity index (χ0n) is 12.6. The van der Waals surface area contributed by atoms with E-state index in [0.29, 0.717) is 4.90 Å². The molecule has 1 saturated heterocycles. The van der Waals surface area contributed by atoms with Gasteiger partial charge in [-0.15, -0.1) is 0 Å². The largest absolute Gasteiger partial charge is 0.359 e. The van der Waals surface area contributed by atoms with Crippen molar-refractivity contribution in [2.24, 2.45) is 0 Å². The van der Waals surface area contributed by atoms with Gasteiger partial charge in [-0.05, 0) is 37.3 Å². The Morgan fingerprint density at radius 3 is 2.67 bits per heavy atom. The molecule has 0 saturated carbocycles. The van der Waals surface area contributed by atoms with Crippen molar-refractivity contribution in [2.45, 2.75) is 12.5 Å². The molecule has 24 heavy (non-hydrogen) atoms. The zero-order valence-corrected chi connectivity index (χ0v) is 12.6. The number of carbonyl (C=O) groups excluding carboxylic acids is 3. The first-order valence-corrected chi connectivity index (χ1v) is 7.09. The van der Waals surface area contributed by atoms with Crippen LogP contribution in [0, 0.1) is 11.6 Å². The lowest BCUT2D eigenvalue weighted by atomic mass is 9.91. The van der Waals surface area contributed by atoms with E-state index < -0.39 is 41.4 Å². The lowest BCUT2D eigenvalue weighted by Gasteiger charge is -2.22. The predicted octanol–water partition coefficient (Wildman–Crippen LogP) is 1.94. The number of benzene rings is 1. The van der Waals surface area contributed by atoms with E-state index in [9.17, 15) is 23.2 Å². The first-order valence-electron chi connectivity index (χ1n) is 7.09. The maximum atomic E-state index is 14.0. The van der Waals surface area contributed by atoms with Crippen LogP contribution in [0.25, 0.3) is 0 Å². The van der Waals surface area contributed by atoms with Crippen LogP contribution >= 0.6 is 0 Å². The van der Waals surface area contributed by atoms with Crippen molar-refractivity contribution in [3.63, 3.8) is 0 Å². The van der Waals surface area contributed by atoms with Crippen LogP contribution < -0.4 is 5.32 Å². The van der Waals surface area contributed by atoms with E-state index in [1.165, 1.54) is 19.2 Å². The molecule has 2 aromatic rings. The molecule has 0 radical (unpaired) electrons. The summed E-state index contributed by atoms with van der Waals surface area (Å²) in [6, 6.07) is 4.91. The van der Waals surface area contributed by atoms with Crippen LogP contribution in [-0.2, 0) is 10.3 Å². The molecule has 1 fully saturated rings. The second kappa shape index (κ2) is 5.55. The average Bonchev–Trinajstić information content (AvgIpc) is 3.14. The molecule has 0 spiro atoms. The van der Waals surface area contributed by atoms with E-state index in [0.717, 1.165) is 18.2 Å². The van der Waals surface area contributed by atoms with Gasteiger partial charge in [0.25, 0.3) is 5.91 Å². The summed E-state index contributed by atoms with van der Waals surface area (Å²) in [5, 5.41) is 2.33. The third-order valence-electron chi connectivity index (χ3n) is 3.94. The molecular formula is C16H13F2N3O3. The molecule has 124 valence electrons. The van der Waals surface area contributed by atoms with Crippen molar-refractivity contribution >= 4 is 17.7 Å². The molecule has 0 aliphatic carbocycles. The second-order valence-electron chi connectivity index (χ2n) is 5.58. The third kappa shape index (κ3) is 2.45. The van der Waals surface area contributed by atoms with Crippen LogP contribution in [0.1, 0.15) is 23.0 Å². The Bertz CT molecular complexity index is 835. The number of amides is 3. The minimum atomic E-state index is -1.78. The molecule has 2 N–H and O–H groups in total. The Labute approximate surface area is 135 Å². The van der Waals surface area contributed by atoms with Gasteiger partial charge in [0.05, 0.1) is 12.2 Å². The normalized spacial score (nSPS) is 20.4. The van der Waals surface area contributed by atoms with E-state index in [4.69, 9.17) is 0 Å². The number of hydrogen-bond donors (Lipinski definition) is 2. The summed E-state index contributed by atoms with van der Waals surface area (Å²) in [6.07, 6.45) is 1.53. The number of aromatic amines is 1. The van der Waals surface area contributed by atoms with Crippen LogP contribution in [-0.4, -0.2) is 34.2 Å². The first-order chi connectivity index (χ1) is 11.3. The molecule has 6 nitrogen and oxygen atoms in total. The molecule has 3 amide bonds. The summed E-state index contributed by atoms with van der Waals surface area (Å²) in [7, 11) is 0. The Morgan fingerprint density at radius 1 is 1.25 bits per heavy atom. The fourth-order valence-electron chi connectivity index (χ4n) is 2.64. The van der Waals surface area contributed by atoms with E-state index >= 15 is 0 Å². The molecule has 0 unspecified atom stereocenters. The maximum absolute atomic E-state index is 14.0. The Balaban J connectivity index is 1.91. The number of imide groups is 1. The second-order valence-corrected chi connectivity index (χ2v) is 5.58. The van der Waals surface area contributed by atoms with Gasteiger partial charge in [-0.1, -0.05) is 0 Å². The minimum absolute atomic E-state index is 0.237. The van der Waals surface area contributed by atoms with Gasteiger partial charge >= 0.3 is 6.03 Å². The summed E-state index contributed by atoms with van der Waals surface area (Å²) in [5.74, 6) is -2.87. The number of urea groups is 1. The Hall–Kier alpha value is -3.03. The molecule has 1 aliphatic rings. The van der Waals surface area contributed by atoms with Crippen molar-refractivity contribution in [3.8, 4) is 0 Å². The number of aromatic nitrogens is 1. The topological polar surface area (TPSA) is 82.3 Å². The number of H-pyrrole nitrogens is 1. The monoisotopic (exact) mass is 333 g/mol. The number of carbonyl (C=O) groups is 3. The summed E-state index contributed by atoms with van der Waals surface area (Å²) in [4.78, 5) is 40.1. The number of hydrogen-bond acceptors (Lipinski definition) is 3. The lowest BCUT2D eigenvalue weighted by molar-refractivity contribution is -0.130. The van der Waals surface area contributed by atoms with Gasteiger partial charge in [-0.2, -0.15) is 0 Å². The van der Waals surface area contributed by atoms with Gasteiger partial charge in [-0.25, -0.2) is 13.6 Å². The fraction of sp³-hybridized carbons (Fsp3) is 0.188. The predicted molar refractivity (Wildman–Crippen MR) is 79.1 cm³/mol. The SMILES string of the molecule is C[C@]1(c2cc(F)ccc2F)NC(=O)N(CC(=O)c2ccc[nH]2)C1=O. The summed E-state index contributed by atoms with van der Waals surface area (Å²) >= 11 is 0. The van der Waals surface area contributed by atoms with E-state index in [-0.39, 0.29) is 11.3 Å². The number of halogens is 2. The van der Waals surface area contributed by atoms with E-state index in [1.807, 2.05) is 0 Å². The Morgan fingerprint density at radius 2 is 2.00 bits per heavy atom. The van der Waals surface area contributed by atoms with Crippen molar-refractivity contribution < 1.29 is 23.2 Å². The van der Waals surface area contributed by atoms with Crippen molar-refractivity contribution in [1.82, 2.24) is 15.2 Å². The molecule has 1 aromatic carbocycles. The number of nitrogens with one attached hydrogen (secondary N) is 2. The van der Waals surface area contributed by atoms with Crippen LogP contribution in [0.4, 0.5) is 13.6 Å². The highest BCUT2D eigenvalue weighted by Gasteiger charge is 2.50. The third-order valence-corrected chi connectivity index (χ3v) is 3.94. The fourth-order valence-corrected chi connectivity index (χ4v) is 2.64. The summed E-state index contributed by atoms with van der Waals surface area (Å²) in [6.45, 7) is 0.766. The summed E-state index contributed by atoms with van der Waals surface area (Å²) in [5.41, 5.74) is -1.84. The van der Waals surface area contributed by atoms with Crippen LogP contribution in [0.15, 0.2) is 36.5 Å². The average molecular weight is 333 g/mol. The van der Waals surface area contributed by atoms with Gasteiger partial charge < -0.3 is 10.3 Å². The van der Waals surface area contributed by atoms with E-state index in [2.05, 4.69) is 10.3 Å². The number of Topliss-reactive ketones (excluding diaryl/α,β-unsaturated/α-hetero) is 1. The van der Waals surface area contributed by atoms with E-state index in [1.54, 1.807) is 6.07 Å². The number of rotatable bonds is 4. The number of ketones is 1. The molecule has 2 heterocycles. The molecular weight excluding hydrogens is 320 g/mol. The molecule has 0 bridgehead atoms. The van der Waals surface area contributed by atoms with Gasteiger partial charge in [0, 0.05) is 11.8 Å². The molecule has 1 atom stereocenters. The molecule has 1 aromatic heterocycles. The minimum Gasteiger partial charge on any atom is -0.359 e. The first kappa shape index (κ1) is 15.9. The quantitative estimate of drug-likeness (QED) is 0.663. The standard InChI is InChI=1S/C16H13F2N3O3/c1-16(10-7-9(17)4-5-11(10)18)14(23)21(15(24)20-16)8-13(22)12-3-2-6-19-12/h2-7,19H,8H2,1H3,(H,20,24)/t16-/m1/s1. The van der Waals surface area contributed by atoms with Crippen molar-refractivity contribution in [2.75, 3.05) is 6.54 Å². The highest BCUT2D eigenvalue weighted by molar-refractivity contribution is 6.11. The van der Waals surface area contributed by atoms with Gasteiger partial charge in [-0.3, -0.25) is 14.5 Å². The van der Waals surface area contributed by atoms with Gasteiger partial charge in [0.15, 0.2) is 5.78 Å². The lowest BCUT2D eigenvalue weighted by Crippen LogP contribution is -2.42. The number of nitrogens with zero attached hydrogens (tertiary/aromatic N) is 1. The maximum Gasteiger partial charge on any atom is 0.325 e.